The highest BCUT2D eigenvalue weighted by atomic mass is 35.5. The van der Waals surface area contributed by atoms with Crippen LogP contribution < -0.4 is 15.0 Å². The van der Waals surface area contributed by atoms with E-state index in [-0.39, 0.29) is 11.8 Å². The van der Waals surface area contributed by atoms with Crippen molar-refractivity contribution in [3.8, 4) is 5.75 Å². The fourth-order valence-electron chi connectivity index (χ4n) is 4.48. The molecule has 0 unspecified atom stereocenters. The summed E-state index contributed by atoms with van der Waals surface area (Å²) < 4.78 is 11.8. The molecule has 35 heavy (non-hydrogen) atoms. The van der Waals surface area contributed by atoms with Gasteiger partial charge in [0.2, 0.25) is 11.8 Å². The molecule has 2 amide bonds. The summed E-state index contributed by atoms with van der Waals surface area (Å²) in [6, 6.07) is 13.0. The van der Waals surface area contributed by atoms with E-state index in [2.05, 4.69) is 10.2 Å². The maximum Gasteiger partial charge on any atom is 0.234 e. The molecular weight excluding hydrogens is 489 g/mol. The van der Waals surface area contributed by atoms with E-state index in [4.69, 9.17) is 32.7 Å². The van der Waals surface area contributed by atoms with Gasteiger partial charge in [-0.1, -0.05) is 35.3 Å². The predicted octanol–water partition coefficient (Wildman–Crippen LogP) is 4.30. The molecule has 0 atom stereocenters. The lowest BCUT2D eigenvalue weighted by molar-refractivity contribution is -0.125. The van der Waals surface area contributed by atoms with Crippen molar-refractivity contribution in [1.82, 2.24) is 10.2 Å². The Kier molecular flexibility index (Phi) is 8.55. The third-order valence-corrected chi connectivity index (χ3v) is 7.51. The molecule has 0 aliphatic carbocycles. The summed E-state index contributed by atoms with van der Waals surface area (Å²) in [7, 11) is 1.70. The fraction of sp³-hybridized carbons (Fsp3) is 0.462. The number of ether oxygens (including phenoxy) is 2. The highest BCUT2D eigenvalue weighted by Gasteiger charge is 2.36. The average Bonchev–Trinajstić information content (AvgIpc) is 3.30. The van der Waals surface area contributed by atoms with Gasteiger partial charge in [-0.2, -0.15) is 0 Å². The van der Waals surface area contributed by atoms with Gasteiger partial charge in [0.15, 0.2) is 0 Å². The van der Waals surface area contributed by atoms with E-state index in [0.717, 1.165) is 50.1 Å². The van der Waals surface area contributed by atoms with Crippen molar-refractivity contribution >= 4 is 40.7 Å². The van der Waals surface area contributed by atoms with Crippen LogP contribution in [-0.2, 0) is 20.9 Å². The number of carbonyl (C=O) groups excluding carboxylic acids is 2. The molecule has 1 N–H and O–H groups in total. The van der Waals surface area contributed by atoms with Crippen LogP contribution in [0.4, 0.5) is 5.69 Å². The largest absolute Gasteiger partial charge is 0.491 e. The van der Waals surface area contributed by atoms with Crippen LogP contribution in [0.1, 0.15) is 31.2 Å². The molecule has 7 nitrogen and oxygen atoms in total. The van der Waals surface area contributed by atoms with Gasteiger partial charge in [0.05, 0.1) is 16.6 Å². The molecule has 0 spiro atoms. The van der Waals surface area contributed by atoms with Crippen LogP contribution in [0.15, 0.2) is 42.5 Å². The normalized spacial score (nSPS) is 18.0. The molecule has 2 aromatic rings. The number of hydrogen-bond acceptors (Lipinski definition) is 5. The zero-order valence-corrected chi connectivity index (χ0v) is 21.4. The Hall–Kier alpha value is -2.32. The summed E-state index contributed by atoms with van der Waals surface area (Å²) in [6.07, 6.45) is 3.04. The molecule has 0 radical (unpaired) electrons. The van der Waals surface area contributed by atoms with Crippen molar-refractivity contribution in [2.75, 3.05) is 44.8 Å². The molecule has 0 saturated carbocycles. The number of halogens is 2. The first-order chi connectivity index (χ1) is 16.9. The third kappa shape index (κ3) is 6.67. The molecular formula is C26H31Cl2N3O4. The molecule has 2 aliphatic rings. The number of rotatable bonds is 9. The van der Waals surface area contributed by atoms with Gasteiger partial charge in [-0.05, 0) is 49.1 Å². The van der Waals surface area contributed by atoms with Gasteiger partial charge in [-0.25, -0.2) is 0 Å². The summed E-state index contributed by atoms with van der Waals surface area (Å²) in [5.74, 6) is 0.810. The van der Waals surface area contributed by atoms with Crippen molar-refractivity contribution in [2.24, 2.45) is 0 Å². The molecule has 2 aliphatic heterocycles. The van der Waals surface area contributed by atoms with Crippen molar-refractivity contribution in [3.63, 3.8) is 0 Å². The number of likely N-dealkylation sites (tertiary alicyclic amines) is 1. The van der Waals surface area contributed by atoms with Crippen LogP contribution in [-0.4, -0.2) is 62.2 Å². The smallest absolute Gasteiger partial charge is 0.234 e. The first kappa shape index (κ1) is 25.8. The molecule has 4 rings (SSSR count). The predicted molar refractivity (Wildman–Crippen MR) is 137 cm³/mol. The van der Waals surface area contributed by atoms with Crippen LogP contribution in [0.5, 0.6) is 5.75 Å². The Morgan fingerprint density at radius 2 is 1.80 bits per heavy atom. The summed E-state index contributed by atoms with van der Waals surface area (Å²) in [5.41, 5.74) is 1.52. The minimum atomic E-state index is -0.405. The second-order valence-electron chi connectivity index (χ2n) is 9.12. The highest BCUT2D eigenvalue weighted by Crippen LogP contribution is 2.30. The lowest BCUT2D eigenvalue weighted by Crippen LogP contribution is -2.51. The van der Waals surface area contributed by atoms with E-state index in [9.17, 15) is 9.59 Å². The van der Waals surface area contributed by atoms with Crippen molar-refractivity contribution in [1.29, 1.82) is 0 Å². The lowest BCUT2D eigenvalue weighted by Gasteiger charge is -2.40. The zero-order chi connectivity index (χ0) is 24.8. The number of piperidine rings is 1. The van der Waals surface area contributed by atoms with Crippen LogP contribution in [0.3, 0.4) is 0 Å². The zero-order valence-electron chi connectivity index (χ0n) is 19.9. The summed E-state index contributed by atoms with van der Waals surface area (Å²) in [6.45, 7) is 3.46. The minimum absolute atomic E-state index is 0.0132. The topological polar surface area (TPSA) is 71.1 Å². The second kappa shape index (κ2) is 11.6. The fourth-order valence-corrected chi connectivity index (χ4v) is 4.77. The van der Waals surface area contributed by atoms with Crippen molar-refractivity contribution in [2.45, 2.75) is 37.8 Å². The van der Waals surface area contributed by atoms with E-state index in [1.165, 1.54) is 0 Å². The molecule has 2 heterocycles. The van der Waals surface area contributed by atoms with Crippen LogP contribution in [0.2, 0.25) is 10.0 Å². The second-order valence-corrected chi connectivity index (χ2v) is 9.93. The standard InChI is InChI=1S/C26H31Cl2N3O4/c1-34-26(18-35-21-8-9-22(27)23(28)15-21)10-13-30(14-11-26)17-24(32)29-16-19-4-6-20(7-5-19)31-12-2-3-25(31)33/h4-9,15H,2-3,10-14,16-18H2,1H3,(H,29,32). The number of benzene rings is 2. The Morgan fingerprint density at radius 1 is 1.06 bits per heavy atom. The number of methoxy groups -OCH3 is 1. The third-order valence-electron chi connectivity index (χ3n) is 6.77. The number of nitrogens with zero attached hydrogens (tertiary/aromatic N) is 2. The number of amides is 2. The summed E-state index contributed by atoms with van der Waals surface area (Å²) in [4.78, 5) is 28.4. The lowest BCUT2D eigenvalue weighted by atomic mass is 9.92. The molecule has 2 fully saturated rings. The number of hydrogen-bond donors (Lipinski definition) is 1. The van der Waals surface area contributed by atoms with Gasteiger partial charge in [0, 0.05) is 51.5 Å². The average molecular weight is 520 g/mol. The van der Waals surface area contributed by atoms with Crippen molar-refractivity contribution < 1.29 is 19.1 Å². The van der Waals surface area contributed by atoms with Gasteiger partial charge in [0.1, 0.15) is 18.0 Å². The number of carbonyl (C=O) groups is 2. The van der Waals surface area contributed by atoms with E-state index in [0.29, 0.717) is 41.9 Å². The van der Waals surface area contributed by atoms with Gasteiger partial charge >= 0.3 is 0 Å². The summed E-state index contributed by atoms with van der Waals surface area (Å²) >= 11 is 12.0. The molecule has 9 heteroatoms. The van der Waals surface area contributed by atoms with Gasteiger partial charge < -0.3 is 19.7 Å². The first-order valence-corrected chi connectivity index (χ1v) is 12.6. The van der Waals surface area contributed by atoms with Crippen LogP contribution in [0.25, 0.3) is 0 Å². The van der Waals surface area contributed by atoms with E-state index in [1.807, 2.05) is 29.2 Å². The Balaban J connectivity index is 1.20. The highest BCUT2D eigenvalue weighted by molar-refractivity contribution is 6.42. The molecule has 0 bridgehead atoms. The minimum Gasteiger partial charge on any atom is -0.491 e. The Morgan fingerprint density at radius 3 is 2.43 bits per heavy atom. The maximum atomic E-state index is 12.5. The van der Waals surface area contributed by atoms with Crippen molar-refractivity contribution in [3.05, 3.63) is 58.1 Å². The van der Waals surface area contributed by atoms with E-state index >= 15 is 0 Å². The Bertz CT molecular complexity index is 1040. The quantitative estimate of drug-likeness (QED) is 0.534. The summed E-state index contributed by atoms with van der Waals surface area (Å²) in [5, 5.41) is 3.94. The van der Waals surface area contributed by atoms with Gasteiger partial charge in [-0.3, -0.25) is 14.5 Å². The van der Waals surface area contributed by atoms with Gasteiger partial charge in [0.25, 0.3) is 0 Å². The van der Waals surface area contributed by atoms with E-state index < -0.39 is 5.60 Å². The molecule has 0 aromatic heterocycles. The molecule has 2 aromatic carbocycles. The van der Waals surface area contributed by atoms with E-state index in [1.54, 1.807) is 25.3 Å². The Labute approximate surface area is 216 Å². The monoisotopic (exact) mass is 519 g/mol. The number of anilines is 1. The maximum absolute atomic E-state index is 12.5. The first-order valence-electron chi connectivity index (χ1n) is 11.9. The number of nitrogens with one attached hydrogen (secondary N) is 1. The van der Waals surface area contributed by atoms with Crippen LogP contribution >= 0.6 is 23.2 Å². The van der Waals surface area contributed by atoms with Crippen LogP contribution in [0, 0.1) is 0 Å². The van der Waals surface area contributed by atoms with Gasteiger partial charge in [-0.15, -0.1) is 0 Å². The SMILES string of the molecule is COC1(COc2ccc(Cl)c(Cl)c2)CCN(CC(=O)NCc2ccc(N3CCCC3=O)cc2)CC1. The molecule has 2 saturated heterocycles. The molecule has 188 valence electrons.